The summed E-state index contributed by atoms with van der Waals surface area (Å²) in [5.74, 6) is 1.01. The van der Waals surface area contributed by atoms with E-state index in [0.717, 1.165) is 12.2 Å². The summed E-state index contributed by atoms with van der Waals surface area (Å²) < 4.78 is 5.40. The van der Waals surface area contributed by atoms with Crippen LogP contribution in [0.3, 0.4) is 0 Å². The van der Waals surface area contributed by atoms with Crippen molar-refractivity contribution < 1.29 is 9.21 Å². The van der Waals surface area contributed by atoms with Gasteiger partial charge in [0.2, 0.25) is 5.91 Å². The Morgan fingerprint density at radius 2 is 1.82 bits per heavy atom. The highest BCUT2D eigenvalue weighted by atomic mass is 16.3. The van der Waals surface area contributed by atoms with Crippen molar-refractivity contribution in [2.45, 2.75) is 40.2 Å². The minimum atomic E-state index is -0.00869. The molecule has 0 saturated heterocycles. The zero-order valence-corrected chi connectivity index (χ0v) is 13.7. The average Bonchev–Trinajstić information content (AvgIpc) is 2.95. The predicted molar refractivity (Wildman–Crippen MR) is 88.3 cm³/mol. The average molecular weight is 299 g/mol. The number of amides is 1. The maximum absolute atomic E-state index is 12.6. The second-order valence-electron chi connectivity index (χ2n) is 6.87. The first-order valence-corrected chi connectivity index (χ1v) is 7.78. The van der Waals surface area contributed by atoms with Crippen molar-refractivity contribution in [3.8, 4) is 0 Å². The smallest absolute Gasteiger partial charge is 0.223 e. The van der Waals surface area contributed by atoms with E-state index in [-0.39, 0.29) is 11.3 Å². The van der Waals surface area contributed by atoms with E-state index in [2.05, 4.69) is 32.9 Å². The van der Waals surface area contributed by atoms with E-state index in [1.54, 1.807) is 6.26 Å². The lowest BCUT2D eigenvalue weighted by atomic mass is 9.91. The highest BCUT2D eigenvalue weighted by Gasteiger charge is 2.21. The number of carbonyl (C=O) groups is 1. The molecule has 0 fully saturated rings. The normalized spacial score (nSPS) is 11.4. The summed E-state index contributed by atoms with van der Waals surface area (Å²) in [6.07, 6.45) is 3.05. The molecule has 0 N–H and O–H groups in total. The Balaban J connectivity index is 2.02. The van der Waals surface area contributed by atoms with E-state index in [1.807, 2.05) is 35.2 Å². The van der Waals surface area contributed by atoms with Gasteiger partial charge in [-0.3, -0.25) is 4.79 Å². The van der Waals surface area contributed by atoms with E-state index in [4.69, 9.17) is 4.42 Å². The van der Waals surface area contributed by atoms with Gasteiger partial charge >= 0.3 is 0 Å². The monoisotopic (exact) mass is 299 g/mol. The molecule has 3 heteroatoms. The first-order valence-electron chi connectivity index (χ1n) is 7.78. The number of hydrogen-bond donors (Lipinski definition) is 0. The Bertz CT molecular complexity index is 567. The highest BCUT2D eigenvalue weighted by Crippen LogP contribution is 2.21. The van der Waals surface area contributed by atoms with Gasteiger partial charge < -0.3 is 9.32 Å². The zero-order valence-electron chi connectivity index (χ0n) is 13.7. The van der Waals surface area contributed by atoms with E-state index in [9.17, 15) is 4.79 Å². The Kier molecular flexibility index (Phi) is 5.42. The van der Waals surface area contributed by atoms with Crippen LogP contribution >= 0.6 is 0 Å². The lowest BCUT2D eigenvalue weighted by molar-refractivity contribution is -0.134. The third-order valence-electron chi connectivity index (χ3n) is 3.47. The predicted octanol–water partition coefficient (Wildman–Crippen LogP) is 4.29. The van der Waals surface area contributed by atoms with Gasteiger partial charge in [-0.05, 0) is 29.5 Å². The number of nitrogens with zero attached hydrogens (tertiary/aromatic N) is 1. The van der Waals surface area contributed by atoms with Crippen LogP contribution in [0.5, 0.6) is 0 Å². The van der Waals surface area contributed by atoms with Crippen molar-refractivity contribution in [3.05, 3.63) is 60.1 Å². The largest absolute Gasteiger partial charge is 0.467 e. The summed E-state index contributed by atoms with van der Waals surface area (Å²) in [7, 11) is 0. The first kappa shape index (κ1) is 16.3. The fourth-order valence-corrected chi connectivity index (χ4v) is 2.36. The third-order valence-corrected chi connectivity index (χ3v) is 3.47. The molecular weight excluding hydrogens is 274 g/mol. The lowest BCUT2D eigenvalue weighted by Gasteiger charge is -2.26. The van der Waals surface area contributed by atoms with Gasteiger partial charge in [0.1, 0.15) is 5.76 Å². The Hall–Kier alpha value is -2.03. The lowest BCUT2D eigenvalue weighted by Crippen LogP contribution is -2.34. The van der Waals surface area contributed by atoms with E-state index < -0.39 is 0 Å². The minimum Gasteiger partial charge on any atom is -0.467 e. The van der Waals surface area contributed by atoms with Crippen LogP contribution < -0.4 is 0 Å². The first-order chi connectivity index (χ1) is 10.4. The summed E-state index contributed by atoms with van der Waals surface area (Å²) in [5.41, 5.74) is 1.24. The molecular formula is C19H25NO2. The summed E-state index contributed by atoms with van der Waals surface area (Å²) in [6.45, 7) is 7.52. The number of carbonyl (C=O) groups excluding carboxylic acids is 1. The molecule has 0 unspecified atom stereocenters. The Morgan fingerprint density at radius 3 is 2.41 bits per heavy atom. The van der Waals surface area contributed by atoms with Crippen LogP contribution in [0.2, 0.25) is 0 Å². The number of rotatable bonds is 6. The van der Waals surface area contributed by atoms with Crippen LogP contribution in [0.1, 0.15) is 38.5 Å². The van der Waals surface area contributed by atoms with Crippen molar-refractivity contribution in [1.82, 2.24) is 4.90 Å². The van der Waals surface area contributed by atoms with Crippen molar-refractivity contribution in [3.63, 3.8) is 0 Å². The van der Waals surface area contributed by atoms with Crippen molar-refractivity contribution >= 4 is 5.91 Å². The summed E-state index contributed by atoms with van der Waals surface area (Å²) in [5, 5.41) is 0. The quantitative estimate of drug-likeness (QED) is 0.797. The van der Waals surface area contributed by atoms with Gasteiger partial charge in [0.05, 0.1) is 12.8 Å². The molecule has 0 radical (unpaired) electrons. The Labute approximate surface area is 132 Å². The topological polar surface area (TPSA) is 33.5 Å². The molecule has 0 atom stereocenters. The van der Waals surface area contributed by atoms with Crippen LogP contribution in [0.15, 0.2) is 53.1 Å². The fourth-order valence-electron chi connectivity index (χ4n) is 2.36. The molecule has 0 aliphatic rings. The molecule has 0 spiro atoms. The van der Waals surface area contributed by atoms with Crippen LogP contribution in [0, 0.1) is 5.41 Å². The van der Waals surface area contributed by atoms with Crippen molar-refractivity contribution in [2.24, 2.45) is 5.41 Å². The molecule has 0 aliphatic heterocycles. The second-order valence-corrected chi connectivity index (χ2v) is 6.87. The molecule has 1 aromatic heterocycles. The molecule has 2 aromatic rings. The van der Waals surface area contributed by atoms with E-state index >= 15 is 0 Å². The van der Waals surface area contributed by atoms with Gasteiger partial charge in [0, 0.05) is 13.0 Å². The molecule has 0 aliphatic carbocycles. The van der Waals surface area contributed by atoms with Gasteiger partial charge in [-0.15, -0.1) is 0 Å². The molecule has 3 nitrogen and oxygen atoms in total. The van der Waals surface area contributed by atoms with Gasteiger partial charge in [-0.1, -0.05) is 51.1 Å². The molecule has 118 valence electrons. The fraction of sp³-hybridized carbons (Fsp3) is 0.421. The maximum atomic E-state index is 12.6. The van der Waals surface area contributed by atoms with Gasteiger partial charge in [0.25, 0.3) is 0 Å². The molecule has 1 heterocycles. The van der Waals surface area contributed by atoms with Crippen molar-refractivity contribution in [1.29, 1.82) is 0 Å². The number of hydrogen-bond acceptors (Lipinski definition) is 2. The second kappa shape index (κ2) is 7.30. The van der Waals surface area contributed by atoms with Gasteiger partial charge in [-0.2, -0.15) is 0 Å². The van der Waals surface area contributed by atoms with Crippen LogP contribution in [-0.4, -0.2) is 17.4 Å². The van der Waals surface area contributed by atoms with E-state index in [1.165, 1.54) is 5.56 Å². The van der Waals surface area contributed by atoms with Crippen LogP contribution in [0.25, 0.3) is 0 Å². The summed E-state index contributed by atoms with van der Waals surface area (Å²) in [4.78, 5) is 14.5. The molecule has 1 amide bonds. The van der Waals surface area contributed by atoms with Crippen molar-refractivity contribution in [2.75, 3.05) is 6.54 Å². The van der Waals surface area contributed by atoms with Gasteiger partial charge in [0.15, 0.2) is 0 Å². The molecule has 0 saturated carbocycles. The molecule has 0 bridgehead atoms. The highest BCUT2D eigenvalue weighted by molar-refractivity contribution is 5.76. The minimum absolute atomic E-state index is 0.00869. The van der Waals surface area contributed by atoms with Crippen LogP contribution in [0.4, 0.5) is 0 Å². The summed E-state index contributed by atoms with van der Waals surface area (Å²) in [6, 6.07) is 14.0. The van der Waals surface area contributed by atoms with Gasteiger partial charge in [-0.25, -0.2) is 0 Å². The van der Waals surface area contributed by atoms with Crippen LogP contribution in [-0.2, 0) is 17.8 Å². The molecule has 2 rings (SSSR count). The number of benzene rings is 1. The zero-order chi connectivity index (χ0) is 16.0. The standard InChI is InChI=1S/C19H25NO2/c1-19(2,3)14-18(21)20(15-17-10-7-13-22-17)12-11-16-8-5-4-6-9-16/h4-10,13H,11-12,14-15H2,1-3H3. The summed E-state index contributed by atoms with van der Waals surface area (Å²) >= 11 is 0. The van der Waals surface area contributed by atoms with E-state index in [0.29, 0.717) is 19.5 Å². The molecule has 1 aromatic carbocycles. The molecule has 22 heavy (non-hydrogen) atoms. The maximum Gasteiger partial charge on any atom is 0.223 e. The number of furan rings is 1. The Morgan fingerprint density at radius 1 is 1.09 bits per heavy atom. The SMILES string of the molecule is CC(C)(C)CC(=O)N(CCc1ccccc1)Cc1ccco1. The third kappa shape index (κ3) is 5.40.